The van der Waals surface area contributed by atoms with Crippen LogP contribution in [-0.4, -0.2) is 15.5 Å². The van der Waals surface area contributed by atoms with E-state index >= 15 is 0 Å². The summed E-state index contributed by atoms with van der Waals surface area (Å²) in [5, 5.41) is 1.80. The van der Waals surface area contributed by atoms with Crippen LogP contribution in [-0.2, 0) is 10.0 Å². The molecule has 0 unspecified atom stereocenters. The largest absolute Gasteiger partial charge is 0.497 e. The lowest BCUT2D eigenvalue weighted by molar-refractivity contribution is 0.415. The Morgan fingerprint density at radius 1 is 1.04 bits per heavy atom. The van der Waals surface area contributed by atoms with Crippen molar-refractivity contribution in [2.75, 3.05) is 11.8 Å². The van der Waals surface area contributed by atoms with Gasteiger partial charge in [0.2, 0.25) is 0 Å². The molecule has 1 N–H and O–H groups in total. The molecule has 0 aliphatic carbocycles. The van der Waals surface area contributed by atoms with Crippen LogP contribution in [0.5, 0.6) is 5.75 Å². The van der Waals surface area contributed by atoms with E-state index < -0.39 is 10.0 Å². The standard InChI is InChI=1S/C18H17NO3S2/c1-13-6-3-4-9-18(13)24(20,21)19-15-11-17(23-12-15)14-7-5-8-16(10-14)22-2/h3-12,19H,1-2H3. The average molecular weight is 359 g/mol. The molecule has 0 saturated carbocycles. The van der Waals surface area contributed by atoms with E-state index in [0.29, 0.717) is 16.1 Å². The van der Waals surface area contributed by atoms with Gasteiger partial charge in [0.05, 0.1) is 17.7 Å². The second-order valence-corrected chi connectivity index (χ2v) is 7.86. The fourth-order valence-electron chi connectivity index (χ4n) is 2.39. The highest BCUT2D eigenvalue weighted by Crippen LogP contribution is 2.32. The number of benzene rings is 2. The molecule has 0 saturated heterocycles. The lowest BCUT2D eigenvalue weighted by atomic mass is 10.2. The Morgan fingerprint density at radius 3 is 2.58 bits per heavy atom. The highest BCUT2D eigenvalue weighted by Gasteiger charge is 2.17. The van der Waals surface area contributed by atoms with E-state index in [4.69, 9.17) is 4.74 Å². The number of sulfonamides is 1. The maximum absolute atomic E-state index is 12.5. The van der Waals surface area contributed by atoms with Crippen molar-refractivity contribution in [3.8, 4) is 16.2 Å². The predicted octanol–water partition coefficient (Wildman–Crippen LogP) is 4.53. The molecule has 1 aromatic heterocycles. The summed E-state index contributed by atoms with van der Waals surface area (Å²) in [5.41, 5.74) is 2.26. The van der Waals surface area contributed by atoms with Crippen LogP contribution in [0.25, 0.3) is 10.4 Å². The first-order valence-corrected chi connectivity index (χ1v) is 9.67. The molecule has 3 aromatic rings. The normalized spacial score (nSPS) is 11.2. The smallest absolute Gasteiger partial charge is 0.262 e. The quantitative estimate of drug-likeness (QED) is 0.728. The van der Waals surface area contributed by atoms with Crippen LogP contribution in [0.3, 0.4) is 0 Å². The zero-order valence-electron chi connectivity index (χ0n) is 13.3. The molecule has 0 spiro atoms. The lowest BCUT2D eigenvalue weighted by Crippen LogP contribution is -2.13. The van der Waals surface area contributed by atoms with Gasteiger partial charge in [-0.2, -0.15) is 0 Å². The third-order valence-electron chi connectivity index (χ3n) is 3.59. The summed E-state index contributed by atoms with van der Waals surface area (Å²) in [6.07, 6.45) is 0. The molecule has 0 aliphatic rings. The summed E-state index contributed by atoms with van der Waals surface area (Å²) in [4.78, 5) is 1.26. The molecule has 0 aliphatic heterocycles. The second-order valence-electron chi connectivity index (χ2n) is 5.30. The molecule has 3 rings (SSSR count). The molecule has 124 valence electrons. The third kappa shape index (κ3) is 3.44. The predicted molar refractivity (Wildman–Crippen MR) is 98.3 cm³/mol. The van der Waals surface area contributed by atoms with Crippen LogP contribution >= 0.6 is 11.3 Å². The Kier molecular flexibility index (Phi) is 4.59. The molecule has 0 amide bonds. The average Bonchev–Trinajstić information content (AvgIpc) is 3.03. The number of aryl methyl sites for hydroxylation is 1. The number of thiophene rings is 1. The van der Waals surface area contributed by atoms with Gasteiger partial charge in [0.1, 0.15) is 5.75 Å². The van der Waals surface area contributed by atoms with E-state index in [1.54, 1.807) is 37.6 Å². The van der Waals surface area contributed by atoms with Crippen molar-refractivity contribution < 1.29 is 13.2 Å². The number of hydrogen-bond donors (Lipinski definition) is 1. The van der Waals surface area contributed by atoms with E-state index in [9.17, 15) is 8.42 Å². The maximum Gasteiger partial charge on any atom is 0.262 e. The van der Waals surface area contributed by atoms with Gasteiger partial charge in [-0.1, -0.05) is 30.3 Å². The van der Waals surface area contributed by atoms with E-state index in [0.717, 1.165) is 16.2 Å². The third-order valence-corrected chi connectivity index (χ3v) is 6.11. The van der Waals surface area contributed by atoms with Crippen LogP contribution in [0.2, 0.25) is 0 Å². The zero-order chi connectivity index (χ0) is 17.2. The Balaban J connectivity index is 1.87. The minimum Gasteiger partial charge on any atom is -0.497 e. The molecule has 0 atom stereocenters. The Labute approximate surface area is 145 Å². The topological polar surface area (TPSA) is 55.4 Å². The first-order chi connectivity index (χ1) is 11.5. The molecule has 1 heterocycles. The fraction of sp³-hybridized carbons (Fsp3) is 0.111. The van der Waals surface area contributed by atoms with Crippen molar-refractivity contribution in [3.05, 3.63) is 65.5 Å². The SMILES string of the molecule is COc1cccc(-c2cc(NS(=O)(=O)c3ccccc3C)cs2)c1. The van der Waals surface area contributed by atoms with Crippen molar-refractivity contribution in [2.45, 2.75) is 11.8 Å². The summed E-state index contributed by atoms with van der Waals surface area (Å²) in [5.74, 6) is 0.767. The molecule has 4 nitrogen and oxygen atoms in total. The molecule has 0 radical (unpaired) electrons. The van der Waals surface area contributed by atoms with Crippen molar-refractivity contribution in [1.29, 1.82) is 0 Å². The number of anilines is 1. The number of rotatable bonds is 5. The van der Waals surface area contributed by atoms with Gasteiger partial charge in [0.25, 0.3) is 10.0 Å². The van der Waals surface area contributed by atoms with Gasteiger partial charge in [-0.15, -0.1) is 11.3 Å². The minimum absolute atomic E-state index is 0.291. The molecule has 24 heavy (non-hydrogen) atoms. The summed E-state index contributed by atoms with van der Waals surface area (Å²) in [6.45, 7) is 1.78. The van der Waals surface area contributed by atoms with Crippen LogP contribution in [0.1, 0.15) is 5.56 Å². The van der Waals surface area contributed by atoms with Gasteiger partial charge in [-0.05, 0) is 42.3 Å². The van der Waals surface area contributed by atoms with Crippen molar-refractivity contribution in [1.82, 2.24) is 0 Å². The second kappa shape index (κ2) is 6.67. The number of methoxy groups -OCH3 is 1. The first kappa shape index (κ1) is 16.5. The summed E-state index contributed by atoms with van der Waals surface area (Å²) in [7, 11) is -1.97. The molecule has 2 aromatic carbocycles. The monoisotopic (exact) mass is 359 g/mol. The van der Waals surface area contributed by atoms with E-state index in [2.05, 4.69) is 4.72 Å². The number of nitrogens with one attached hydrogen (secondary N) is 1. The molecule has 0 bridgehead atoms. The summed E-state index contributed by atoms with van der Waals surface area (Å²) >= 11 is 1.48. The van der Waals surface area contributed by atoms with Crippen LogP contribution < -0.4 is 9.46 Å². The lowest BCUT2D eigenvalue weighted by Gasteiger charge is -2.08. The van der Waals surface area contributed by atoms with Gasteiger partial charge >= 0.3 is 0 Å². The van der Waals surface area contributed by atoms with Gasteiger partial charge in [-0.25, -0.2) is 8.42 Å². The van der Waals surface area contributed by atoms with Gasteiger partial charge in [-0.3, -0.25) is 4.72 Å². The highest BCUT2D eigenvalue weighted by molar-refractivity contribution is 7.92. The van der Waals surface area contributed by atoms with Gasteiger partial charge < -0.3 is 4.74 Å². The van der Waals surface area contributed by atoms with E-state index in [-0.39, 0.29) is 0 Å². The summed E-state index contributed by atoms with van der Waals surface area (Å²) < 4.78 is 33.0. The van der Waals surface area contributed by atoms with Crippen LogP contribution in [0, 0.1) is 6.92 Å². The van der Waals surface area contributed by atoms with Crippen LogP contribution in [0.15, 0.2) is 64.9 Å². The van der Waals surface area contributed by atoms with Crippen molar-refractivity contribution in [3.63, 3.8) is 0 Å². The van der Waals surface area contributed by atoms with Crippen molar-refractivity contribution >= 4 is 27.0 Å². The Morgan fingerprint density at radius 2 is 1.83 bits per heavy atom. The Hall–Kier alpha value is -2.31. The van der Waals surface area contributed by atoms with E-state index in [1.165, 1.54) is 11.3 Å². The van der Waals surface area contributed by atoms with Crippen LogP contribution in [0.4, 0.5) is 5.69 Å². The van der Waals surface area contributed by atoms with Gasteiger partial charge in [0, 0.05) is 10.3 Å². The zero-order valence-corrected chi connectivity index (χ0v) is 14.9. The maximum atomic E-state index is 12.5. The highest BCUT2D eigenvalue weighted by atomic mass is 32.2. The number of hydrogen-bond acceptors (Lipinski definition) is 4. The minimum atomic E-state index is -3.59. The van der Waals surface area contributed by atoms with E-state index in [1.807, 2.05) is 36.4 Å². The molecule has 6 heteroatoms. The van der Waals surface area contributed by atoms with Crippen molar-refractivity contribution in [2.24, 2.45) is 0 Å². The number of ether oxygens (including phenoxy) is 1. The molecular weight excluding hydrogens is 342 g/mol. The molecule has 0 fully saturated rings. The summed E-state index contributed by atoms with van der Waals surface area (Å²) in [6, 6.07) is 16.4. The molecular formula is C18H17NO3S2. The fourth-order valence-corrected chi connectivity index (χ4v) is 4.59. The van der Waals surface area contributed by atoms with Gasteiger partial charge in [0.15, 0.2) is 0 Å². The first-order valence-electron chi connectivity index (χ1n) is 7.31. The Bertz CT molecular complexity index is 962.